The number of carbonyl (C=O) groups is 1. The lowest BCUT2D eigenvalue weighted by molar-refractivity contribution is -0.144. The first kappa shape index (κ1) is 14.4. The number of halogens is 1. The summed E-state index contributed by atoms with van der Waals surface area (Å²) in [5.41, 5.74) is -0.686. The van der Waals surface area contributed by atoms with Crippen molar-refractivity contribution in [1.82, 2.24) is 5.32 Å². The highest BCUT2D eigenvalue weighted by Crippen LogP contribution is 2.42. The van der Waals surface area contributed by atoms with Crippen LogP contribution in [0.2, 0.25) is 0 Å². The lowest BCUT2D eigenvalue weighted by Gasteiger charge is -2.26. The summed E-state index contributed by atoms with van der Waals surface area (Å²) in [5, 5.41) is 13.3. The van der Waals surface area contributed by atoms with Gasteiger partial charge in [-0.2, -0.15) is 0 Å². The zero-order valence-electron chi connectivity index (χ0n) is 11.1. The Morgan fingerprint density at radius 1 is 1.30 bits per heavy atom. The fraction of sp³-hybridized carbons (Fsp3) is 0.533. The van der Waals surface area contributed by atoms with Crippen molar-refractivity contribution in [2.45, 2.75) is 53.8 Å². The lowest BCUT2D eigenvalue weighted by atomic mass is 9.98. The minimum absolute atomic E-state index is 0.388. The number of carboxylic acids is 1. The normalized spacial score (nSPS) is 29.6. The van der Waals surface area contributed by atoms with Crippen LogP contribution in [0.5, 0.6) is 0 Å². The standard InChI is InChI=1S/C15H18BrNO2S/c16-10-1-5-12(6-2-10)20-13-7-8-15(9-13,14(18)19)17-11-3-4-11/h1-2,5-6,11,13,17H,3-4,7-9H2,(H,18,19). The largest absolute Gasteiger partial charge is 0.480 e. The van der Waals surface area contributed by atoms with Crippen molar-refractivity contribution < 1.29 is 9.90 Å². The van der Waals surface area contributed by atoms with Gasteiger partial charge in [-0.3, -0.25) is 10.1 Å². The molecule has 2 fully saturated rings. The first-order valence-corrected chi connectivity index (χ1v) is 8.68. The third-order valence-corrected chi connectivity index (χ3v) is 5.86. The molecule has 5 heteroatoms. The summed E-state index contributed by atoms with van der Waals surface area (Å²) < 4.78 is 1.07. The van der Waals surface area contributed by atoms with E-state index in [-0.39, 0.29) is 0 Å². The van der Waals surface area contributed by atoms with E-state index in [4.69, 9.17) is 0 Å². The van der Waals surface area contributed by atoms with Gasteiger partial charge in [-0.15, -0.1) is 11.8 Å². The van der Waals surface area contributed by atoms with Gasteiger partial charge in [0.2, 0.25) is 0 Å². The molecule has 0 aliphatic heterocycles. The molecule has 0 saturated heterocycles. The average molecular weight is 356 g/mol. The number of nitrogens with one attached hydrogen (secondary N) is 1. The molecule has 2 atom stereocenters. The van der Waals surface area contributed by atoms with Crippen LogP contribution < -0.4 is 5.32 Å². The number of hydrogen-bond donors (Lipinski definition) is 2. The second kappa shape index (κ2) is 5.70. The molecule has 20 heavy (non-hydrogen) atoms. The third kappa shape index (κ3) is 3.21. The van der Waals surface area contributed by atoms with Gasteiger partial charge in [0, 0.05) is 20.7 Å². The Hall–Kier alpha value is -0.520. The molecule has 2 N–H and O–H groups in total. The van der Waals surface area contributed by atoms with E-state index in [2.05, 4.69) is 33.4 Å². The molecule has 3 nitrogen and oxygen atoms in total. The molecule has 2 unspecified atom stereocenters. The molecule has 0 amide bonds. The van der Waals surface area contributed by atoms with Crippen LogP contribution in [0.25, 0.3) is 0 Å². The molecule has 1 aromatic rings. The van der Waals surface area contributed by atoms with Gasteiger partial charge >= 0.3 is 5.97 Å². The van der Waals surface area contributed by atoms with Crippen molar-refractivity contribution >= 4 is 33.7 Å². The maximum atomic E-state index is 11.7. The van der Waals surface area contributed by atoms with E-state index >= 15 is 0 Å². The van der Waals surface area contributed by atoms with Crippen molar-refractivity contribution in [3.8, 4) is 0 Å². The zero-order valence-corrected chi connectivity index (χ0v) is 13.5. The van der Waals surface area contributed by atoms with Gasteiger partial charge < -0.3 is 5.11 Å². The second-order valence-electron chi connectivity index (χ2n) is 5.74. The molecule has 2 aliphatic rings. The first-order valence-electron chi connectivity index (χ1n) is 7.01. The van der Waals surface area contributed by atoms with Crippen molar-refractivity contribution in [2.75, 3.05) is 0 Å². The molecule has 0 bridgehead atoms. The van der Waals surface area contributed by atoms with E-state index in [0.29, 0.717) is 11.3 Å². The molecule has 0 spiro atoms. The van der Waals surface area contributed by atoms with Gasteiger partial charge in [-0.25, -0.2) is 0 Å². The smallest absolute Gasteiger partial charge is 0.323 e. The summed E-state index contributed by atoms with van der Waals surface area (Å²) in [7, 11) is 0. The van der Waals surface area contributed by atoms with Crippen LogP contribution in [0.15, 0.2) is 33.6 Å². The topological polar surface area (TPSA) is 49.3 Å². The molecule has 0 radical (unpaired) electrons. The summed E-state index contributed by atoms with van der Waals surface area (Å²) in [6, 6.07) is 8.67. The summed E-state index contributed by atoms with van der Waals surface area (Å²) in [6.45, 7) is 0. The number of hydrogen-bond acceptors (Lipinski definition) is 3. The van der Waals surface area contributed by atoms with Crippen LogP contribution in [0, 0.1) is 0 Å². The van der Waals surface area contributed by atoms with Crippen molar-refractivity contribution in [3.05, 3.63) is 28.7 Å². The monoisotopic (exact) mass is 355 g/mol. The van der Waals surface area contributed by atoms with E-state index in [1.165, 1.54) is 4.90 Å². The van der Waals surface area contributed by atoms with Crippen LogP contribution in [0.3, 0.4) is 0 Å². The first-order chi connectivity index (χ1) is 9.57. The van der Waals surface area contributed by atoms with Crippen LogP contribution in [-0.2, 0) is 4.79 Å². The number of benzene rings is 1. The number of carboxylic acid groups (broad SMARTS) is 1. The SMILES string of the molecule is O=C(O)C1(NC2CC2)CCC(Sc2ccc(Br)cc2)C1. The molecule has 2 aliphatic carbocycles. The van der Waals surface area contributed by atoms with Gasteiger partial charge in [0.15, 0.2) is 0 Å². The van der Waals surface area contributed by atoms with Crippen LogP contribution in [0.4, 0.5) is 0 Å². The fourth-order valence-corrected chi connectivity index (χ4v) is 4.36. The van der Waals surface area contributed by atoms with Crippen LogP contribution >= 0.6 is 27.7 Å². The molecule has 108 valence electrons. The Bertz CT molecular complexity index is 503. The highest BCUT2D eigenvalue weighted by atomic mass is 79.9. The Morgan fingerprint density at radius 3 is 2.60 bits per heavy atom. The Kier molecular flexibility index (Phi) is 4.11. The minimum atomic E-state index is -0.686. The summed E-state index contributed by atoms with van der Waals surface area (Å²) >= 11 is 5.24. The van der Waals surface area contributed by atoms with E-state index in [1.54, 1.807) is 11.8 Å². The summed E-state index contributed by atoms with van der Waals surface area (Å²) in [5.74, 6) is -0.677. The fourth-order valence-electron chi connectivity index (χ4n) is 2.81. The number of rotatable bonds is 5. The molecular weight excluding hydrogens is 338 g/mol. The van der Waals surface area contributed by atoms with Gasteiger partial charge in [-0.1, -0.05) is 15.9 Å². The molecule has 3 rings (SSSR count). The molecule has 0 aromatic heterocycles. The molecule has 2 saturated carbocycles. The van der Waals surface area contributed by atoms with Gasteiger partial charge in [-0.05, 0) is 56.4 Å². The van der Waals surface area contributed by atoms with E-state index < -0.39 is 11.5 Å². The summed E-state index contributed by atoms with van der Waals surface area (Å²) in [4.78, 5) is 12.9. The Labute approximate surface area is 131 Å². The highest BCUT2D eigenvalue weighted by molar-refractivity contribution is 9.10. The van der Waals surface area contributed by atoms with E-state index in [9.17, 15) is 9.90 Å². The van der Waals surface area contributed by atoms with Crippen LogP contribution in [0.1, 0.15) is 32.1 Å². The lowest BCUT2D eigenvalue weighted by Crippen LogP contribution is -2.51. The maximum absolute atomic E-state index is 11.7. The maximum Gasteiger partial charge on any atom is 0.323 e. The molecular formula is C15H18BrNO2S. The van der Waals surface area contributed by atoms with E-state index in [0.717, 1.165) is 36.6 Å². The number of aliphatic carboxylic acids is 1. The zero-order chi connectivity index (χ0) is 14.2. The van der Waals surface area contributed by atoms with Gasteiger partial charge in [0.05, 0.1) is 0 Å². The van der Waals surface area contributed by atoms with Crippen molar-refractivity contribution in [1.29, 1.82) is 0 Å². The van der Waals surface area contributed by atoms with Gasteiger partial charge in [0.25, 0.3) is 0 Å². The van der Waals surface area contributed by atoms with Crippen LogP contribution in [-0.4, -0.2) is 27.9 Å². The second-order valence-corrected chi connectivity index (χ2v) is 8.03. The van der Waals surface area contributed by atoms with Crippen molar-refractivity contribution in [3.63, 3.8) is 0 Å². The van der Waals surface area contributed by atoms with E-state index in [1.807, 2.05) is 12.1 Å². The summed E-state index contributed by atoms with van der Waals surface area (Å²) in [6.07, 6.45) is 4.68. The Balaban J connectivity index is 1.65. The third-order valence-electron chi connectivity index (χ3n) is 4.05. The quantitative estimate of drug-likeness (QED) is 0.845. The average Bonchev–Trinajstić information content (AvgIpc) is 3.12. The molecule has 1 aromatic carbocycles. The number of thioether (sulfide) groups is 1. The highest BCUT2D eigenvalue weighted by Gasteiger charge is 2.48. The predicted molar refractivity (Wildman–Crippen MR) is 84.2 cm³/mol. The minimum Gasteiger partial charge on any atom is -0.480 e. The Morgan fingerprint density at radius 2 is 2.00 bits per heavy atom. The van der Waals surface area contributed by atoms with Crippen molar-refractivity contribution in [2.24, 2.45) is 0 Å². The molecule has 0 heterocycles. The van der Waals surface area contributed by atoms with Gasteiger partial charge in [0.1, 0.15) is 5.54 Å². The predicted octanol–water partition coefficient (Wildman–Crippen LogP) is 3.67.